The van der Waals surface area contributed by atoms with Crippen molar-refractivity contribution in [3.05, 3.63) is 133 Å². The highest BCUT2D eigenvalue weighted by Crippen LogP contribution is 2.49. The molecule has 528 valence electrons. The lowest BCUT2D eigenvalue weighted by molar-refractivity contribution is -0.145. The number of carboxylic acids is 1. The van der Waals surface area contributed by atoms with Gasteiger partial charge in [0.15, 0.2) is 0 Å². The van der Waals surface area contributed by atoms with Crippen molar-refractivity contribution in [2.24, 2.45) is 17.0 Å². The summed E-state index contributed by atoms with van der Waals surface area (Å²) in [6.45, 7) is 3.45. The van der Waals surface area contributed by atoms with Crippen molar-refractivity contribution in [1.29, 1.82) is 0 Å². The van der Waals surface area contributed by atoms with E-state index in [9.17, 15) is 59.5 Å². The monoisotopic (exact) mass is 1440 g/mol. The molecule has 6 heterocycles. The lowest BCUT2D eigenvalue weighted by Crippen LogP contribution is -2.58. The number of halogens is 2. The predicted octanol–water partition coefficient (Wildman–Crippen LogP) is 9.23. The van der Waals surface area contributed by atoms with Crippen LogP contribution in [0.3, 0.4) is 0 Å². The molecule has 4 aliphatic carbocycles. The summed E-state index contributed by atoms with van der Waals surface area (Å²) in [7, 11) is -7.18. The third-order valence-electron chi connectivity index (χ3n) is 20.2. The Bertz CT molecular complexity index is 4290. The van der Waals surface area contributed by atoms with Gasteiger partial charge in [0.25, 0.3) is 16.3 Å². The van der Waals surface area contributed by atoms with Gasteiger partial charge in [0.05, 0.1) is 54.4 Å². The lowest BCUT2D eigenvalue weighted by Gasteiger charge is -2.30. The van der Waals surface area contributed by atoms with Gasteiger partial charge >= 0.3 is 5.97 Å². The zero-order valence-electron chi connectivity index (χ0n) is 54.9. The summed E-state index contributed by atoms with van der Waals surface area (Å²) in [4.78, 5) is 94.6. The normalized spacial score (nSPS) is 28.7. The maximum atomic E-state index is 14.8. The number of sulfonamides is 2. The van der Waals surface area contributed by atoms with Crippen molar-refractivity contribution in [1.82, 2.24) is 35.1 Å². The largest absolute Gasteiger partial charge is 0.479 e. The molecule has 0 spiro atoms. The Kier molecular flexibility index (Phi) is 20.6. The summed E-state index contributed by atoms with van der Waals surface area (Å²) in [5, 5.41) is 27.6. The average molecular weight is 1440 g/mol. The number of rotatable bonds is 13. The van der Waals surface area contributed by atoms with E-state index < -0.39 is 118 Å². The number of fused-ring (bicyclic) bond motifs is 6. The molecule has 6 fully saturated rings. The van der Waals surface area contributed by atoms with Gasteiger partial charge in [-0.3, -0.25) is 28.7 Å². The molecule has 10 atom stereocenters. The van der Waals surface area contributed by atoms with Crippen molar-refractivity contribution in [2.45, 2.75) is 186 Å². The highest BCUT2D eigenvalue weighted by molar-refractivity contribution is 7.91. The number of carbonyl (C=O) groups excluding carboxylic acids is 5. The third kappa shape index (κ3) is 15.9. The van der Waals surface area contributed by atoms with Crippen LogP contribution in [0.5, 0.6) is 10.4 Å². The molecule has 0 unspecified atom stereocenters. The number of nitrogens with two attached hydrogens (primary N) is 1. The van der Waals surface area contributed by atoms with Crippen LogP contribution in [-0.4, -0.2) is 147 Å². The summed E-state index contributed by atoms with van der Waals surface area (Å²) >= 11 is 2.75. The average Bonchev–Trinajstić information content (AvgIpc) is 1.56. The molecule has 14 rings (SSSR count). The number of primary sulfonamides is 1. The van der Waals surface area contributed by atoms with E-state index in [1.54, 1.807) is 50.2 Å². The molecule has 29 heteroatoms. The highest BCUT2D eigenvalue weighted by Gasteiger charge is 2.64. The summed E-state index contributed by atoms with van der Waals surface area (Å²) in [6.07, 6.45) is 16.9. The fourth-order valence-electron chi connectivity index (χ4n) is 13.2. The molecular weight excluding hydrogens is 1360 g/mol. The summed E-state index contributed by atoms with van der Waals surface area (Å²) in [5.74, 6) is -5.38. The second-order valence-corrected chi connectivity index (χ2v) is 33.8. The van der Waals surface area contributed by atoms with Gasteiger partial charge in [-0.1, -0.05) is 121 Å². The Hall–Kier alpha value is -8.12. The second-order valence-electron chi connectivity index (χ2n) is 27.6. The number of anilines is 2. The number of nitrogens with one attached hydrogen (secondary N) is 5. The number of allylic oxidation sites excluding steroid dienone is 2. The van der Waals surface area contributed by atoms with Crippen LogP contribution >= 0.6 is 22.7 Å². The van der Waals surface area contributed by atoms with Crippen molar-refractivity contribution in [3.8, 4) is 10.4 Å². The van der Waals surface area contributed by atoms with E-state index in [1.165, 1.54) is 44.6 Å². The topological polar surface area (TPSA) is 328 Å². The molecule has 6 aromatic rings. The van der Waals surface area contributed by atoms with Crippen LogP contribution in [0.4, 0.5) is 20.2 Å². The van der Waals surface area contributed by atoms with Gasteiger partial charge in [0.2, 0.25) is 43.7 Å². The number of ether oxygens (including phenoxy) is 2. The molecule has 4 saturated carbocycles. The Balaban J connectivity index is 0.000000170. The molecule has 8 aliphatic rings. The summed E-state index contributed by atoms with van der Waals surface area (Å²) < 4.78 is 91.6. The van der Waals surface area contributed by atoms with Crippen LogP contribution in [0.1, 0.15) is 129 Å². The minimum atomic E-state index is -3.96. The van der Waals surface area contributed by atoms with E-state index in [-0.39, 0.29) is 61.5 Å². The van der Waals surface area contributed by atoms with Gasteiger partial charge in [-0.15, -0.1) is 0 Å². The number of carbonyl (C=O) groups is 6. The van der Waals surface area contributed by atoms with Gasteiger partial charge in [-0.25, -0.2) is 45.5 Å². The lowest BCUT2D eigenvalue weighted by atomic mass is 10.0. The molecule has 2 saturated heterocycles. The van der Waals surface area contributed by atoms with E-state index >= 15 is 0 Å². The van der Waals surface area contributed by atoms with E-state index in [1.807, 2.05) is 72.8 Å². The number of hydrogen-bond acceptors (Lipinski definition) is 18. The van der Waals surface area contributed by atoms with Crippen LogP contribution in [-0.2, 0) is 48.8 Å². The Morgan fingerprint density at radius 2 is 1.03 bits per heavy atom. The summed E-state index contributed by atoms with van der Waals surface area (Å²) in [5.41, 5.74) is -0.897. The van der Waals surface area contributed by atoms with Gasteiger partial charge in [-0.05, 0) is 139 Å². The van der Waals surface area contributed by atoms with Crippen LogP contribution < -0.4 is 40.6 Å². The quantitative estimate of drug-likeness (QED) is 0.0530. The number of benzene rings is 4. The standard InChI is InChI=1S/C35H40FN5O6S2.C31H33FN4O5S.C4H9NO2S/c1-34(17-18-34)49(45,46)40-32(44)35-20-22(35)11-5-3-2-4-6-15-27(37-25-13-8-7-12-24(25)36)31(43)41-21-23(19-28(41)30(42)39-35)47-33-38-26-14-9-10-16-29(26)48-33;32-21-11-6-7-12-22(21)33-24-14-5-3-1-2-4-10-19-17-31(19,29(39)40)35-27(37)25-16-20(18-36(25)28(24)38)41-30-34-23-13-8-9-15-26(23)42-30;1-4(2-3-4)8(5,6)7/h5,7-14,16,22-23,27-28,37H,2-4,6,15,17-21H2,1H3,(H,39,42)(H,40,44);4,6-13,15,19-20,24-25,33H,1-3,5,14,16-18H2,(H,35,37)(H,39,40);2-3H2,1H3,(H2,5,6,7)/b11-5-;10-4-;/t22-,23-,27+,28+,35-;19-,20-,24+,25+,31-;/m11./s1. The van der Waals surface area contributed by atoms with Crippen LogP contribution in [0.25, 0.3) is 20.4 Å². The SMILES string of the molecule is CC1(S(=O)(=O)NC(=O)[C@@]23C[C@H]2/C=C\CCCCC[C@H](Nc2ccccc2F)C(=O)N2C[C@H](Oc4nc5ccccc5s4)C[C@H]2C(=O)N3)CC1.CC1(S(N)(=O)=O)CC1.O=C1N[C@]2(C(=O)O)C[C@H]2/C=C\CCCCC[C@H](Nc2ccccc2F)C(=O)N2C[C@H](Oc3nc4ccccc4s3)C[C@@H]12. The molecule has 5 amide bonds. The number of hydrogen-bond donors (Lipinski definition) is 7. The number of nitrogens with zero attached hydrogens (tertiary/aromatic N) is 4. The van der Waals surface area contributed by atoms with E-state index in [0.717, 1.165) is 78.2 Å². The zero-order chi connectivity index (χ0) is 70.1. The molecule has 4 aromatic carbocycles. The minimum absolute atomic E-state index is 0.0670. The maximum Gasteiger partial charge on any atom is 0.330 e. The predicted molar refractivity (Wildman–Crippen MR) is 371 cm³/mol. The van der Waals surface area contributed by atoms with Gasteiger partial charge in [0, 0.05) is 24.7 Å². The second kappa shape index (κ2) is 28.8. The molecule has 2 aromatic heterocycles. The van der Waals surface area contributed by atoms with Crippen molar-refractivity contribution in [2.75, 3.05) is 23.7 Å². The Morgan fingerprint density at radius 3 is 1.45 bits per heavy atom. The first-order valence-corrected chi connectivity index (χ1v) is 38.4. The number of aromatic nitrogens is 2. The number of aliphatic carboxylic acids is 1. The van der Waals surface area contributed by atoms with E-state index in [4.69, 9.17) is 14.6 Å². The van der Waals surface area contributed by atoms with Crippen LogP contribution in [0.2, 0.25) is 0 Å². The molecule has 4 aliphatic heterocycles. The van der Waals surface area contributed by atoms with Crippen LogP contribution in [0, 0.1) is 23.5 Å². The molecule has 0 radical (unpaired) electrons. The first-order chi connectivity index (χ1) is 47.3. The molecule has 0 bridgehead atoms. The van der Waals surface area contributed by atoms with Crippen molar-refractivity contribution < 1.29 is 69.0 Å². The number of thiazole rings is 2. The minimum Gasteiger partial charge on any atom is -0.479 e. The first kappa shape index (κ1) is 70.7. The Morgan fingerprint density at radius 1 is 0.606 bits per heavy atom. The molecule has 8 N–H and O–H groups in total. The number of para-hydroxylation sites is 4. The maximum absolute atomic E-state index is 14.8. The Labute approximate surface area is 581 Å². The highest BCUT2D eigenvalue weighted by atomic mass is 32.2. The van der Waals surface area contributed by atoms with Gasteiger partial charge in [-0.2, -0.15) is 0 Å². The summed E-state index contributed by atoms with van der Waals surface area (Å²) in [6, 6.07) is 24.0. The smallest absolute Gasteiger partial charge is 0.330 e. The van der Waals surface area contributed by atoms with Gasteiger partial charge < -0.3 is 45.6 Å². The zero-order valence-corrected chi connectivity index (χ0v) is 58.2. The third-order valence-corrected chi connectivity index (χ3v) is 26.0. The number of amides is 5. The number of carboxylic acid groups (broad SMARTS) is 1. The fraction of sp³-hybridized carbons (Fsp3) is 0.486. The van der Waals surface area contributed by atoms with Crippen molar-refractivity contribution in [3.63, 3.8) is 0 Å². The van der Waals surface area contributed by atoms with E-state index in [0.29, 0.717) is 48.9 Å². The van der Waals surface area contributed by atoms with Crippen molar-refractivity contribution >= 4 is 110 Å². The molecule has 99 heavy (non-hydrogen) atoms. The van der Waals surface area contributed by atoms with E-state index in [2.05, 4.69) is 36.0 Å². The molecule has 23 nitrogen and oxygen atoms in total. The first-order valence-electron chi connectivity index (χ1n) is 33.8. The van der Waals surface area contributed by atoms with Gasteiger partial charge in [0.1, 0.15) is 59.1 Å². The molecular formula is C70H82F2N10O13S4. The van der Waals surface area contributed by atoms with Crippen LogP contribution in [0.15, 0.2) is 121 Å². The fourth-order valence-corrected chi connectivity index (χ4v) is 16.9.